The fraction of sp³-hybridized carbons (Fsp3) is 0.368. The quantitative estimate of drug-likeness (QED) is 0.719. The second-order valence-electron chi connectivity index (χ2n) is 7.10. The van der Waals surface area contributed by atoms with Gasteiger partial charge in [-0.2, -0.15) is 23.5 Å². The minimum absolute atomic E-state index is 0.0495. The number of carbonyl (C=O) groups excluding carboxylic acids is 1. The van der Waals surface area contributed by atoms with Gasteiger partial charge in [0, 0.05) is 17.3 Å². The van der Waals surface area contributed by atoms with Gasteiger partial charge in [-0.15, -0.1) is 0 Å². The summed E-state index contributed by atoms with van der Waals surface area (Å²) in [6, 6.07) is 3.24. The van der Waals surface area contributed by atoms with E-state index in [-0.39, 0.29) is 17.0 Å². The highest BCUT2D eigenvalue weighted by atomic mass is 19.4. The van der Waals surface area contributed by atoms with Gasteiger partial charge in [0.25, 0.3) is 5.91 Å². The number of alkyl halides is 3. The lowest BCUT2D eigenvalue weighted by Crippen LogP contribution is -2.46. The zero-order valence-electron chi connectivity index (χ0n) is 15.5. The Labute approximate surface area is 163 Å². The molecule has 1 fully saturated rings. The summed E-state index contributed by atoms with van der Waals surface area (Å²) in [7, 11) is 0. The van der Waals surface area contributed by atoms with Gasteiger partial charge in [0.1, 0.15) is 23.4 Å². The van der Waals surface area contributed by atoms with Crippen LogP contribution in [0.25, 0.3) is 16.9 Å². The van der Waals surface area contributed by atoms with Crippen LogP contribution in [0.15, 0.2) is 22.7 Å². The van der Waals surface area contributed by atoms with E-state index in [4.69, 9.17) is 9.68 Å². The van der Waals surface area contributed by atoms with Gasteiger partial charge in [0.15, 0.2) is 5.65 Å². The fourth-order valence-electron chi connectivity index (χ4n) is 3.32. The maximum atomic E-state index is 13.3. The number of nitriles is 1. The Morgan fingerprint density at radius 1 is 1.38 bits per heavy atom. The molecule has 1 atom stereocenters. The van der Waals surface area contributed by atoms with Crippen molar-refractivity contribution in [1.29, 1.82) is 5.26 Å². The molecule has 3 aromatic rings. The number of halogens is 3. The number of aryl methyl sites for hydroxylation is 2. The minimum atomic E-state index is -4.52. The Bertz CT molecular complexity index is 1150. The van der Waals surface area contributed by atoms with Crippen LogP contribution in [0.4, 0.5) is 13.2 Å². The lowest BCUT2D eigenvalue weighted by atomic mass is 10.1. The molecule has 1 aliphatic rings. The molecular weight excluding hydrogens is 387 g/mol. The molecule has 0 aromatic carbocycles. The smallest absolute Gasteiger partial charge is 0.408 e. The molecule has 0 bridgehead atoms. The minimum Gasteiger partial charge on any atom is -0.450 e. The van der Waals surface area contributed by atoms with Gasteiger partial charge in [-0.25, -0.2) is 9.50 Å². The Morgan fingerprint density at radius 2 is 2.10 bits per heavy atom. The van der Waals surface area contributed by atoms with Crippen molar-refractivity contribution in [2.24, 2.45) is 5.92 Å². The zero-order valence-corrected chi connectivity index (χ0v) is 15.5. The molecule has 0 spiro atoms. The third kappa shape index (κ3) is 3.44. The van der Waals surface area contributed by atoms with E-state index in [1.165, 1.54) is 16.8 Å². The summed E-state index contributed by atoms with van der Waals surface area (Å²) in [6.07, 6.45) is -2.45. The van der Waals surface area contributed by atoms with Crippen LogP contribution < -0.4 is 5.32 Å². The van der Waals surface area contributed by atoms with E-state index in [1.54, 1.807) is 19.9 Å². The zero-order chi connectivity index (χ0) is 20.9. The van der Waals surface area contributed by atoms with Gasteiger partial charge in [-0.1, -0.05) is 0 Å². The molecular formula is C19H16F3N5O2. The van der Waals surface area contributed by atoms with E-state index in [9.17, 15) is 18.0 Å². The lowest BCUT2D eigenvalue weighted by Gasteiger charge is -2.20. The van der Waals surface area contributed by atoms with Crippen LogP contribution in [0.2, 0.25) is 0 Å². The summed E-state index contributed by atoms with van der Waals surface area (Å²) in [4.78, 5) is 17.0. The first-order valence-electron chi connectivity index (χ1n) is 8.93. The van der Waals surface area contributed by atoms with Gasteiger partial charge in [0.05, 0.1) is 11.9 Å². The number of hydrogen-bond acceptors (Lipinski definition) is 5. The van der Waals surface area contributed by atoms with Gasteiger partial charge < -0.3 is 9.73 Å². The van der Waals surface area contributed by atoms with Crippen molar-refractivity contribution >= 4 is 11.6 Å². The molecule has 10 heteroatoms. The number of hydrogen-bond donors (Lipinski definition) is 1. The van der Waals surface area contributed by atoms with E-state index in [0.29, 0.717) is 35.6 Å². The van der Waals surface area contributed by atoms with Crippen molar-refractivity contribution in [2.45, 2.75) is 38.9 Å². The molecule has 0 aliphatic heterocycles. The number of furan rings is 1. The number of nitrogens with one attached hydrogen (secondary N) is 1. The van der Waals surface area contributed by atoms with Crippen LogP contribution in [0.5, 0.6) is 0 Å². The van der Waals surface area contributed by atoms with Crippen LogP contribution in [0, 0.1) is 31.1 Å². The first-order chi connectivity index (χ1) is 13.7. The predicted molar refractivity (Wildman–Crippen MR) is 94.9 cm³/mol. The fourth-order valence-corrected chi connectivity index (χ4v) is 3.32. The lowest BCUT2D eigenvalue weighted by molar-refractivity contribution is -0.158. The molecule has 3 aromatic heterocycles. The predicted octanol–water partition coefficient (Wildman–Crippen LogP) is 3.55. The number of aromatic nitrogens is 3. The molecule has 0 saturated heterocycles. The van der Waals surface area contributed by atoms with Crippen LogP contribution in [0.1, 0.15) is 40.4 Å². The summed E-state index contributed by atoms with van der Waals surface area (Å²) in [5, 5.41) is 15.2. The Kier molecular flexibility index (Phi) is 4.33. The van der Waals surface area contributed by atoms with Crippen molar-refractivity contribution in [3.63, 3.8) is 0 Å². The van der Waals surface area contributed by atoms with Crippen molar-refractivity contribution in [3.8, 4) is 17.3 Å². The highest BCUT2D eigenvalue weighted by molar-refractivity contribution is 6.00. The largest absolute Gasteiger partial charge is 0.450 e. The van der Waals surface area contributed by atoms with Crippen LogP contribution >= 0.6 is 0 Å². The maximum Gasteiger partial charge on any atom is 0.408 e. The standard InChI is InChI=1S/C19H16F3N5O2/c1-9-5-15(13-6-12(7-23)29-10(13)2)25-17-14(8-24-27(9)17)18(28)26-16(11-3-4-11)19(20,21)22/h5-6,8,11,16H,3-4H2,1-2H3,(H,26,28)/t16-/m0/s1. The molecule has 0 radical (unpaired) electrons. The van der Waals surface area contributed by atoms with Crippen molar-refractivity contribution in [3.05, 3.63) is 41.1 Å². The molecule has 1 aliphatic carbocycles. The van der Waals surface area contributed by atoms with Crippen LogP contribution in [-0.2, 0) is 0 Å². The Morgan fingerprint density at radius 3 is 2.69 bits per heavy atom. The monoisotopic (exact) mass is 403 g/mol. The number of amides is 1. The third-order valence-corrected chi connectivity index (χ3v) is 4.93. The molecule has 1 N–H and O–H groups in total. The van der Waals surface area contributed by atoms with E-state index < -0.39 is 24.0 Å². The second kappa shape index (κ2) is 6.62. The van der Waals surface area contributed by atoms with E-state index >= 15 is 0 Å². The second-order valence-corrected chi connectivity index (χ2v) is 7.10. The van der Waals surface area contributed by atoms with Crippen molar-refractivity contribution in [2.75, 3.05) is 0 Å². The van der Waals surface area contributed by atoms with Gasteiger partial charge in [0.2, 0.25) is 5.76 Å². The first-order valence-corrected chi connectivity index (χ1v) is 8.93. The molecule has 0 unspecified atom stereocenters. The number of carbonyl (C=O) groups is 1. The third-order valence-electron chi connectivity index (χ3n) is 4.93. The average Bonchev–Trinajstić information content (AvgIpc) is 3.27. The first kappa shape index (κ1) is 19.0. The summed E-state index contributed by atoms with van der Waals surface area (Å²) in [5.41, 5.74) is 1.70. The SMILES string of the molecule is Cc1oc(C#N)cc1-c1cc(C)n2ncc(C(=O)N[C@@H](C3CC3)C(F)(F)F)c2n1. The number of fused-ring (bicyclic) bond motifs is 1. The molecule has 1 saturated carbocycles. The summed E-state index contributed by atoms with van der Waals surface area (Å²) < 4.78 is 46.5. The summed E-state index contributed by atoms with van der Waals surface area (Å²) in [5.74, 6) is -0.890. The molecule has 150 valence electrons. The van der Waals surface area contributed by atoms with E-state index in [1.807, 2.05) is 6.07 Å². The van der Waals surface area contributed by atoms with Gasteiger partial charge >= 0.3 is 6.18 Å². The Hall–Kier alpha value is -3.35. The maximum absolute atomic E-state index is 13.3. The highest BCUT2D eigenvalue weighted by Crippen LogP contribution is 2.40. The molecule has 1 amide bonds. The molecule has 29 heavy (non-hydrogen) atoms. The number of nitrogens with zero attached hydrogens (tertiary/aromatic N) is 4. The molecule has 7 nitrogen and oxygen atoms in total. The normalized spacial score (nSPS) is 15.3. The van der Waals surface area contributed by atoms with Crippen LogP contribution in [-0.4, -0.2) is 32.7 Å². The summed E-state index contributed by atoms with van der Waals surface area (Å²) in [6.45, 7) is 3.40. The van der Waals surface area contributed by atoms with E-state index in [2.05, 4.69) is 15.4 Å². The highest BCUT2D eigenvalue weighted by Gasteiger charge is 2.49. The van der Waals surface area contributed by atoms with E-state index in [0.717, 1.165) is 0 Å². The van der Waals surface area contributed by atoms with Crippen LogP contribution in [0.3, 0.4) is 0 Å². The Balaban J connectivity index is 1.74. The summed E-state index contributed by atoms with van der Waals surface area (Å²) >= 11 is 0. The van der Waals surface area contributed by atoms with Gasteiger partial charge in [-0.05, 0) is 38.7 Å². The van der Waals surface area contributed by atoms with Crippen molar-refractivity contribution < 1.29 is 22.4 Å². The number of rotatable bonds is 4. The molecule has 3 heterocycles. The van der Waals surface area contributed by atoms with Crippen molar-refractivity contribution in [1.82, 2.24) is 19.9 Å². The van der Waals surface area contributed by atoms with Gasteiger partial charge in [-0.3, -0.25) is 4.79 Å². The molecule has 4 rings (SSSR count). The topological polar surface area (TPSA) is 96.2 Å². The average molecular weight is 403 g/mol.